The third-order valence-corrected chi connectivity index (χ3v) is 4.05. The first-order valence-electron chi connectivity index (χ1n) is 4.67. The predicted molar refractivity (Wildman–Crippen MR) is 63.0 cm³/mol. The van der Waals surface area contributed by atoms with Crippen molar-refractivity contribution in [1.29, 1.82) is 0 Å². The van der Waals surface area contributed by atoms with E-state index in [1.165, 1.54) is 27.3 Å². The lowest BCUT2D eigenvalue weighted by molar-refractivity contribution is 0.413. The lowest BCUT2D eigenvalue weighted by Crippen LogP contribution is -2.22. The summed E-state index contributed by atoms with van der Waals surface area (Å²) in [5.41, 5.74) is 6.74. The van der Waals surface area contributed by atoms with Crippen molar-refractivity contribution in [2.24, 2.45) is 0 Å². The van der Waals surface area contributed by atoms with Crippen molar-refractivity contribution in [3.8, 4) is 5.75 Å². The van der Waals surface area contributed by atoms with Crippen LogP contribution in [0.4, 0.5) is 5.69 Å². The first kappa shape index (κ1) is 12.8. The summed E-state index contributed by atoms with van der Waals surface area (Å²) < 4.78 is 29.9. The number of ether oxygens (including phenoxy) is 1. The Labute approximate surface area is 95.9 Å². The highest BCUT2D eigenvalue weighted by Crippen LogP contribution is 2.29. The zero-order chi connectivity index (χ0) is 12.5. The van der Waals surface area contributed by atoms with Crippen molar-refractivity contribution in [1.82, 2.24) is 4.31 Å². The van der Waals surface area contributed by atoms with Crippen LogP contribution < -0.4 is 10.5 Å². The van der Waals surface area contributed by atoms with Gasteiger partial charge < -0.3 is 10.5 Å². The maximum absolute atomic E-state index is 11.9. The smallest absolute Gasteiger partial charge is 0.242 e. The number of nitrogens with two attached hydrogens (primary N) is 1. The molecule has 0 aromatic heterocycles. The monoisotopic (exact) mass is 244 g/mol. The van der Waals surface area contributed by atoms with Crippen LogP contribution in [0.15, 0.2) is 17.0 Å². The second kappa shape index (κ2) is 4.31. The van der Waals surface area contributed by atoms with Crippen molar-refractivity contribution < 1.29 is 13.2 Å². The first-order chi connectivity index (χ1) is 7.30. The molecule has 16 heavy (non-hydrogen) atoms. The fourth-order valence-electron chi connectivity index (χ4n) is 1.41. The van der Waals surface area contributed by atoms with Crippen LogP contribution in [0, 0.1) is 6.92 Å². The Morgan fingerprint density at radius 1 is 1.31 bits per heavy atom. The van der Waals surface area contributed by atoms with Gasteiger partial charge in [-0.2, -0.15) is 0 Å². The fourth-order valence-corrected chi connectivity index (χ4v) is 2.43. The van der Waals surface area contributed by atoms with Crippen LogP contribution in [-0.2, 0) is 10.0 Å². The third-order valence-electron chi connectivity index (χ3n) is 2.26. The minimum atomic E-state index is -3.45. The Kier molecular flexibility index (Phi) is 3.44. The molecule has 0 aliphatic heterocycles. The van der Waals surface area contributed by atoms with E-state index in [0.29, 0.717) is 17.0 Å². The molecule has 0 atom stereocenters. The molecule has 0 saturated heterocycles. The quantitative estimate of drug-likeness (QED) is 0.800. The van der Waals surface area contributed by atoms with E-state index < -0.39 is 10.0 Å². The average Bonchev–Trinajstić information content (AvgIpc) is 2.16. The van der Waals surface area contributed by atoms with Gasteiger partial charge in [-0.1, -0.05) is 0 Å². The molecule has 90 valence electrons. The van der Waals surface area contributed by atoms with Crippen molar-refractivity contribution in [3.05, 3.63) is 17.7 Å². The molecule has 1 aromatic carbocycles. The molecule has 6 heteroatoms. The normalized spacial score (nSPS) is 11.8. The minimum absolute atomic E-state index is 0.174. The predicted octanol–water partition coefficient (Wildman–Crippen LogP) is 0.836. The van der Waals surface area contributed by atoms with Crippen LogP contribution in [-0.4, -0.2) is 33.9 Å². The van der Waals surface area contributed by atoms with Crippen LogP contribution in [0.3, 0.4) is 0 Å². The van der Waals surface area contributed by atoms with E-state index in [4.69, 9.17) is 10.5 Å². The number of hydrogen-bond acceptors (Lipinski definition) is 4. The van der Waals surface area contributed by atoms with Crippen LogP contribution in [0.5, 0.6) is 5.75 Å². The molecular formula is C10H16N2O3S. The molecule has 0 saturated carbocycles. The summed E-state index contributed by atoms with van der Waals surface area (Å²) in [5.74, 6) is 0.512. The van der Waals surface area contributed by atoms with E-state index in [-0.39, 0.29) is 4.90 Å². The maximum atomic E-state index is 11.9. The van der Waals surface area contributed by atoms with E-state index in [9.17, 15) is 8.42 Å². The number of hydrogen-bond donors (Lipinski definition) is 1. The zero-order valence-corrected chi connectivity index (χ0v) is 10.6. The second-order valence-corrected chi connectivity index (χ2v) is 5.80. The molecule has 0 heterocycles. The van der Waals surface area contributed by atoms with E-state index >= 15 is 0 Å². The topological polar surface area (TPSA) is 72.6 Å². The van der Waals surface area contributed by atoms with Gasteiger partial charge in [-0.25, -0.2) is 12.7 Å². The van der Waals surface area contributed by atoms with Gasteiger partial charge in [-0.15, -0.1) is 0 Å². The second-order valence-electron chi connectivity index (χ2n) is 3.65. The average molecular weight is 244 g/mol. The summed E-state index contributed by atoms with van der Waals surface area (Å²) in [6.45, 7) is 1.75. The molecule has 1 aromatic rings. The van der Waals surface area contributed by atoms with Crippen molar-refractivity contribution in [2.45, 2.75) is 11.8 Å². The summed E-state index contributed by atoms with van der Waals surface area (Å²) in [6, 6.07) is 2.95. The van der Waals surface area contributed by atoms with E-state index in [1.807, 2.05) is 0 Å². The van der Waals surface area contributed by atoms with Crippen molar-refractivity contribution in [3.63, 3.8) is 0 Å². The van der Waals surface area contributed by atoms with Gasteiger partial charge in [0.15, 0.2) is 0 Å². The number of anilines is 1. The minimum Gasteiger partial charge on any atom is -0.494 e. The molecule has 0 radical (unpaired) electrons. The summed E-state index contributed by atoms with van der Waals surface area (Å²) in [4.78, 5) is 0.174. The lowest BCUT2D eigenvalue weighted by atomic mass is 10.2. The molecule has 0 unspecified atom stereocenters. The van der Waals surface area contributed by atoms with Crippen LogP contribution in [0.25, 0.3) is 0 Å². The molecule has 1 rings (SSSR count). The number of methoxy groups -OCH3 is 1. The molecule has 0 spiro atoms. The van der Waals surface area contributed by atoms with Gasteiger partial charge in [0, 0.05) is 14.1 Å². The van der Waals surface area contributed by atoms with E-state index in [2.05, 4.69) is 0 Å². The van der Waals surface area contributed by atoms with Gasteiger partial charge >= 0.3 is 0 Å². The number of nitrogens with zero attached hydrogens (tertiary/aromatic N) is 1. The number of sulfonamides is 1. The highest BCUT2D eigenvalue weighted by atomic mass is 32.2. The highest BCUT2D eigenvalue weighted by molar-refractivity contribution is 7.89. The van der Waals surface area contributed by atoms with Crippen molar-refractivity contribution in [2.75, 3.05) is 26.9 Å². The van der Waals surface area contributed by atoms with Gasteiger partial charge in [0.05, 0.1) is 17.7 Å². The first-order valence-corrected chi connectivity index (χ1v) is 6.11. The Balaban J connectivity index is 3.41. The molecule has 0 bridgehead atoms. The van der Waals surface area contributed by atoms with E-state index in [0.717, 1.165) is 4.31 Å². The van der Waals surface area contributed by atoms with Crippen LogP contribution >= 0.6 is 0 Å². The SMILES string of the molecule is COc1c(C)cc(S(=O)(=O)N(C)C)cc1N. The molecule has 0 amide bonds. The zero-order valence-electron chi connectivity index (χ0n) is 9.81. The molecule has 0 aliphatic carbocycles. The Hall–Kier alpha value is -1.27. The number of rotatable bonds is 3. The number of aryl methyl sites for hydroxylation is 1. The molecule has 2 N–H and O–H groups in total. The van der Waals surface area contributed by atoms with Gasteiger partial charge in [0.2, 0.25) is 10.0 Å². The molecular weight excluding hydrogens is 228 g/mol. The summed E-state index contributed by atoms with van der Waals surface area (Å²) in [6.07, 6.45) is 0. The standard InChI is InChI=1S/C10H16N2O3S/c1-7-5-8(16(13,14)12(2)3)6-9(11)10(7)15-4/h5-6H,11H2,1-4H3. The number of benzene rings is 1. The maximum Gasteiger partial charge on any atom is 0.242 e. The van der Waals surface area contributed by atoms with E-state index in [1.54, 1.807) is 13.0 Å². The Bertz CT molecular complexity index is 472. The fraction of sp³-hybridized carbons (Fsp3) is 0.400. The summed E-state index contributed by atoms with van der Waals surface area (Å²) in [5, 5.41) is 0. The molecule has 0 fully saturated rings. The third kappa shape index (κ3) is 2.12. The molecule has 5 nitrogen and oxygen atoms in total. The summed E-state index contributed by atoms with van der Waals surface area (Å²) in [7, 11) is 1.00. The summed E-state index contributed by atoms with van der Waals surface area (Å²) >= 11 is 0. The Morgan fingerprint density at radius 3 is 2.25 bits per heavy atom. The van der Waals surface area contributed by atoms with Crippen LogP contribution in [0.2, 0.25) is 0 Å². The highest BCUT2D eigenvalue weighted by Gasteiger charge is 2.19. The number of nitrogen functional groups attached to an aromatic ring is 1. The van der Waals surface area contributed by atoms with Gasteiger partial charge in [-0.3, -0.25) is 0 Å². The van der Waals surface area contributed by atoms with Crippen molar-refractivity contribution >= 4 is 15.7 Å². The molecule has 0 aliphatic rings. The van der Waals surface area contributed by atoms with Gasteiger partial charge in [-0.05, 0) is 24.6 Å². The van der Waals surface area contributed by atoms with Gasteiger partial charge in [0.25, 0.3) is 0 Å². The lowest BCUT2D eigenvalue weighted by Gasteiger charge is -2.14. The Morgan fingerprint density at radius 2 is 1.88 bits per heavy atom. The van der Waals surface area contributed by atoms with Gasteiger partial charge in [0.1, 0.15) is 5.75 Å². The van der Waals surface area contributed by atoms with Crippen LogP contribution in [0.1, 0.15) is 5.56 Å². The largest absolute Gasteiger partial charge is 0.494 e.